The first-order chi connectivity index (χ1) is 9.65. The molecule has 0 aromatic heterocycles. The fraction of sp³-hybridized carbons (Fsp3) is 0.647. The lowest BCUT2D eigenvalue weighted by atomic mass is 10.0. The number of hydrogen-bond acceptors (Lipinski definition) is 3. The summed E-state index contributed by atoms with van der Waals surface area (Å²) in [6.45, 7) is 9.97. The molecule has 1 aromatic rings. The quantitative estimate of drug-likeness (QED) is 0.776. The van der Waals surface area contributed by atoms with Gasteiger partial charge in [-0.3, -0.25) is 0 Å². The predicted molar refractivity (Wildman–Crippen MR) is 82.6 cm³/mol. The lowest BCUT2D eigenvalue weighted by Crippen LogP contribution is -2.29. The molecule has 1 aliphatic rings. The zero-order valence-corrected chi connectivity index (χ0v) is 12.9. The van der Waals surface area contributed by atoms with Crippen LogP contribution in [0.2, 0.25) is 0 Å². The molecule has 1 heterocycles. The van der Waals surface area contributed by atoms with Gasteiger partial charge in [0.25, 0.3) is 0 Å². The summed E-state index contributed by atoms with van der Waals surface area (Å²) < 4.78 is 11.4. The molecule has 3 heteroatoms. The van der Waals surface area contributed by atoms with Crippen molar-refractivity contribution in [3.8, 4) is 5.75 Å². The zero-order valence-electron chi connectivity index (χ0n) is 12.9. The first kappa shape index (κ1) is 15.3. The Bertz CT molecular complexity index is 411. The highest BCUT2D eigenvalue weighted by Gasteiger charge is 2.14. The Morgan fingerprint density at radius 2 is 2.20 bits per heavy atom. The SMILES string of the molecule is Cc1cc(OCCNCC2CCCO2)cc(C(C)C)c1. The van der Waals surface area contributed by atoms with E-state index in [9.17, 15) is 0 Å². The van der Waals surface area contributed by atoms with Crippen LogP contribution in [0.4, 0.5) is 0 Å². The molecule has 0 spiro atoms. The largest absolute Gasteiger partial charge is 0.492 e. The molecule has 112 valence electrons. The maximum absolute atomic E-state index is 5.84. The molecule has 1 N–H and O–H groups in total. The number of hydrogen-bond donors (Lipinski definition) is 1. The fourth-order valence-corrected chi connectivity index (χ4v) is 2.50. The third-order valence-corrected chi connectivity index (χ3v) is 3.68. The molecular weight excluding hydrogens is 250 g/mol. The Morgan fingerprint density at radius 1 is 1.35 bits per heavy atom. The molecule has 0 amide bonds. The van der Waals surface area contributed by atoms with Gasteiger partial charge in [0.1, 0.15) is 12.4 Å². The second kappa shape index (κ2) is 7.65. The normalized spacial score (nSPS) is 18.7. The minimum atomic E-state index is 0.404. The summed E-state index contributed by atoms with van der Waals surface area (Å²) in [6, 6.07) is 6.48. The van der Waals surface area contributed by atoms with Crippen molar-refractivity contribution < 1.29 is 9.47 Å². The lowest BCUT2D eigenvalue weighted by molar-refractivity contribution is 0.109. The molecule has 1 aromatic carbocycles. The van der Waals surface area contributed by atoms with Crippen LogP contribution in [0.3, 0.4) is 0 Å². The van der Waals surface area contributed by atoms with Crippen molar-refractivity contribution in [2.24, 2.45) is 0 Å². The Kier molecular flexibility index (Phi) is 5.86. The van der Waals surface area contributed by atoms with E-state index in [0.29, 0.717) is 18.6 Å². The minimum Gasteiger partial charge on any atom is -0.492 e. The second-order valence-corrected chi connectivity index (χ2v) is 5.92. The topological polar surface area (TPSA) is 30.5 Å². The Morgan fingerprint density at radius 3 is 2.90 bits per heavy atom. The Labute approximate surface area is 122 Å². The van der Waals surface area contributed by atoms with Crippen LogP contribution < -0.4 is 10.1 Å². The Hall–Kier alpha value is -1.06. The number of benzene rings is 1. The molecule has 0 radical (unpaired) electrons. The van der Waals surface area contributed by atoms with Crippen molar-refractivity contribution in [2.45, 2.75) is 45.6 Å². The summed E-state index contributed by atoms with van der Waals surface area (Å²) in [7, 11) is 0. The maximum Gasteiger partial charge on any atom is 0.119 e. The van der Waals surface area contributed by atoms with Crippen LogP contribution in [0.15, 0.2) is 18.2 Å². The molecule has 1 aliphatic heterocycles. The minimum absolute atomic E-state index is 0.404. The van der Waals surface area contributed by atoms with Crippen molar-refractivity contribution >= 4 is 0 Å². The van der Waals surface area contributed by atoms with Gasteiger partial charge in [-0.2, -0.15) is 0 Å². The van der Waals surface area contributed by atoms with Crippen molar-refractivity contribution in [1.82, 2.24) is 5.32 Å². The van der Waals surface area contributed by atoms with Gasteiger partial charge in [-0.05, 0) is 48.9 Å². The van der Waals surface area contributed by atoms with E-state index < -0.39 is 0 Å². The molecule has 20 heavy (non-hydrogen) atoms. The smallest absolute Gasteiger partial charge is 0.119 e. The molecule has 1 atom stereocenters. The monoisotopic (exact) mass is 277 g/mol. The van der Waals surface area contributed by atoms with Gasteiger partial charge in [0.05, 0.1) is 6.10 Å². The highest BCUT2D eigenvalue weighted by atomic mass is 16.5. The van der Waals surface area contributed by atoms with Crippen molar-refractivity contribution in [3.63, 3.8) is 0 Å². The van der Waals surface area contributed by atoms with E-state index in [0.717, 1.165) is 25.4 Å². The Balaban J connectivity index is 1.70. The molecule has 1 saturated heterocycles. The van der Waals surface area contributed by atoms with Crippen LogP contribution in [0, 0.1) is 6.92 Å². The average molecular weight is 277 g/mol. The first-order valence-electron chi connectivity index (χ1n) is 7.72. The van der Waals surface area contributed by atoms with Crippen LogP contribution in [0.25, 0.3) is 0 Å². The predicted octanol–water partition coefficient (Wildman–Crippen LogP) is 3.27. The van der Waals surface area contributed by atoms with Crippen LogP contribution in [-0.4, -0.2) is 32.4 Å². The molecule has 0 aliphatic carbocycles. The summed E-state index contributed by atoms with van der Waals surface area (Å²) in [5, 5.41) is 3.40. The summed E-state index contributed by atoms with van der Waals surface area (Å²) in [6.07, 6.45) is 2.79. The van der Waals surface area contributed by atoms with Gasteiger partial charge >= 0.3 is 0 Å². The van der Waals surface area contributed by atoms with Gasteiger partial charge in [0.2, 0.25) is 0 Å². The molecule has 0 bridgehead atoms. The molecule has 2 rings (SSSR count). The first-order valence-corrected chi connectivity index (χ1v) is 7.72. The number of rotatable bonds is 7. The summed E-state index contributed by atoms with van der Waals surface area (Å²) >= 11 is 0. The third-order valence-electron chi connectivity index (χ3n) is 3.68. The van der Waals surface area contributed by atoms with Gasteiger partial charge in [-0.15, -0.1) is 0 Å². The van der Waals surface area contributed by atoms with Crippen LogP contribution >= 0.6 is 0 Å². The van der Waals surface area contributed by atoms with Crippen molar-refractivity contribution in [2.75, 3.05) is 26.3 Å². The molecule has 1 unspecified atom stereocenters. The van der Waals surface area contributed by atoms with E-state index in [1.807, 2.05) is 0 Å². The third kappa shape index (κ3) is 4.80. The van der Waals surface area contributed by atoms with E-state index in [-0.39, 0.29) is 0 Å². The van der Waals surface area contributed by atoms with Crippen LogP contribution in [0.5, 0.6) is 5.75 Å². The molecule has 1 fully saturated rings. The summed E-state index contributed by atoms with van der Waals surface area (Å²) in [5.41, 5.74) is 2.60. The second-order valence-electron chi connectivity index (χ2n) is 5.92. The highest BCUT2D eigenvalue weighted by molar-refractivity contribution is 5.35. The average Bonchev–Trinajstić information content (AvgIpc) is 2.91. The summed E-state index contributed by atoms with van der Waals surface area (Å²) in [5.74, 6) is 1.52. The molecule has 0 saturated carbocycles. The van der Waals surface area contributed by atoms with Crippen LogP contribution in [0.1, 0.15) is 43.7 Å². The van der Waals surface area contributed by atoms with E-state index in [4.69, 9.17) is 9.47 Å². The van der Waals surface area contributed by atoms with Crippen molar-refractivity contribution in [3.05, 3.63) is 29.3 Å². The molecular formula is C17H27NO2. The van der Waals surface area contributed by atoms with Gasteiger partial charge in [0.15, 0.2) is 0 Å². The maximum atomic E-state index is 5.84. The zero-order chi connectivity index (χ0) is 14.4. The van der Waals surface area contributed by atoms with Crippen molar-refractivity contribution in [1.29, 1.82) is 0 Å². The summed E-state index contributed by atoms with van der Waals surface area (Å²) in [4.78, 5) is 0. The van der Waals surface area contributed by atoms with Crippen LogP contribution in [-0.2, 0) is 4.74 Å². The van der Waals surface area contributed by atoms with E-state index in [2.05, 4.69) is 44.3 Å². The fourth-order valence-electron chi connectivity index (χ4n) is 2.50. The highest BCUT2D eigenvalue weighted by Crippen LogP contribution is 2.22. The van der Waals surface area contributed by atoms with E-state index >= 15 is 0 Å². The number of ether oxygens (including phenoxy) is 2. The lowest BCUT2D eigenvalue weighted by Gasteiger charge is -2.13. The van der Waals surface area contributed by atoms with Gasteiger partial charge in [-0.25, -0.2) is 0 Å². The van der Waals surface area contributed by atoms with Gasteiger partial charge in [0, 0.05) is 19.7 Å². The van der Waals surface area contributed by atoms with Gasteiger partial charge in [-0.1, -0.05) is 19.9 Å². The van der Waals surface area contributed by atoms with E-state index in [1.54, 1.807) is 0 Å². The number of aryl methyl sites for hydroxylation is 1. The molecule has 3 nitrogen and oxygen atoms in total. The van der Waals surface area contributed by atoms with E-state index in [1.165, 1.54) is 24.0 Å². The van der Waals surface area contributed by atoms with Gasteiger partial charge < -0.3 is 14.8 Å². The standard InChI is InChI=1S/C17H27NO2/c1-13(2)15-9-14(3)10-17(11-15)20-8-6-18-12-16-5-4-7-19-16/h9-11,13,16,18H,4-8,12H2,1-3H3. The number of nitrogens with one attached hydrogen (secondary N) is 1.